The van der Waals surface area contributed by atoms with Crippen LogP contribution in [0.1, 0.15) is 27.0 Å². The van der Waals surface area contributed by atoms with Crippen LogP contribution in [-0.4, -0.2) is 12.9 Å². The Bertz CT molecular complexity index is 590. The van der Waals surface area contributed by atoms with Crippen LogP contribution in [0.4, 0.5) is 4.39 Å². The fourth-order valence-electron chi connectivity index (χ4n) is 1.81. The molecule has 0 N–H and O–H groups in total. The number of hydrogen-bond donors (Lipinski definition) is 0. The number of halogens is 1. The molecular formula is C15H15FO2S. The van der Waals surface area contributed by atoms with Crippen molar-refractivity contribution in [3.05, 3.63) is 51.5 Å². The molecule has 0 unspecified atom stereocenters. The van der Waals surface area contributed by atoms with Gasteiger partial charge in [-0.15, -0.1) is 11.3 Å². The summed E-state index contributed by atoms with van der Waals surface area (Å²) in [4.78, 5) is 14.0. The van der Waals surface area contributed by atoms with Crippen LogP contribution in [0.3, 0.4) is 0 Å². The van der Waals surface area contributed by atoms with E-state index in [2.05, 4.69) is 6.92 Å². The maximum Gasteiger partial charge on any atom is 0.177 e. The highest BCUT2D eigenvalue weighted by Crippen LogP contribution is 2.21. The van der Waals surface area contributed by atoms with Gasteiger partial charge in [0.15, 0.2) is 17.3 Å². The molecule has 4 heteroatoms. The van der Waals surface area contributed by atoms with E-state index in [0.717, 1.165) is 11.3 Å². The van der Waals surface area contributed by atoms with Crippen molar-refractivity contribution >= 4 is 17.1 Å². The smallest absolute Gasteiger partial charge is 0.177 e. The number of hydrogen-bond acceptors (Lipinski definition) is 3. The van der Waals surface area contributed by atoms with Gasteiger partial charge in [-0.25, -0.2) is 4.39 Å². The van der Waals surface area contributed by atoms with Gasteiger partial charge in [-0.2, -0.15) is 0 Å². The molecule has 0 spiro atoms. The van der Waals surface area contributed by atoms with Crippen LogP contribution in [0.15, 0.2) is 30.3 Å². The predicted molar refractivity (Wildman–Crippen MR) is 74.7 cm³/mol. The van der Waals surface area contributed by atoms with Gasteiger partial charge < -0.3 is 4.74 Å². The molecule has 0 atom stereocenters. The lowest BCUT2D eigenvalue weighted by Crippen LogP contribution is -2.02. The van der Waals surface area contributed by atoms with E-state index in [1.807, 2.05) is 12.1 Å². The lowest BCUT2D eigenvalue weighted by molar-refractivity contribution is 0.0997. The third kappa shape index (κ3) is 3.20. The molecule has 2 rings (SSSR count). The molecule has 0 amide bonds. The van der Waals surface area contributed by atoms with E-state index in [-0.39, 0.29) is 18.0 Å². The van der Waals surface area contributed by atoms with Gasteiger partial charge in [-0.05, 0) is 36.2 Å². The number of rotatable bonds is 5. The topological polar surface area (TPSA) is 26.3 Å². The van der Waals surface area contributed by atoms with E-state index >= 15 is 0 Å². The van der Waals surface area contributed by atoms with Gasteiger partial charge >= 0.3 is 0 Å². The van der Waals surface area contributed by atoms with Gasteiger partial charge in [-0.1, -0.05) is 13.0 Å². The van der Waals surface area contributed by atoms with Crippen molar-refractivity contribution in [2.45, 2.75) is 19.8 Å². The zero-order valence-corrected chi connectivity index (χ0v) is 11.7. The van der Waals surface area contributed by atoms with Crippen molar-refractivity contribution in [1.82, 2.24) is 0 Å². The summed E-state index contributed by atoms with van der Waals surface area (Å²) < 4.78 is 18.4. The molecule has 0 aliphatic heterocycles. The maximum atomic E-state index is 13.5. The zero-order valence-electron chi connectivity index (χ0n) is 10.9. The van der Waals surface area contributed by atoms with Crippen LogP contribution in [0.5, 0.6) is 5.75 Å². The second kappa shape index (κ2) is 5.97. The van der Waals surface area contributed by atoms with Gasteiger partial charge in [0, 0.05) is 11.3 Å². The van der Waals surface area contributed by atoms with Crippen molar-refractivity contribution in [2.75, 3.05) is 7.11 Å². The number of benzene rings is 1. The molecule has 2 aromatic rings. The zero-order chi connectivity index (χ0) is 13.8. The Morgan fingerprint density at radius 3 is 2.68 bits per heavy atom. The lowest BCUT2D eigenvalue weighted by atomic mass is 10.1. The number of methoxy groups -OCH3 is 1. The number of ketones is 1. The van der Waals surface area contributed by atoms with Gasteiger partial charge in [0.1, 0.15) is 0 Å². The minimum atomic E-state index is -0.437. The van der Waals surface area contributed by atoms with Crippen LogP contribution >= 0.6 is 11.3 Å². The second-order valence-electron chi connectivity index (χ2n) is 4.19. The maximum absolute atomic E-state index is 13.5. The van der Waals surface area contributed by atoms with Gasteiger partial charge in [0.05, 0.1) is 12.0 Å². The summed E-state index contributed by atoms with van der Waals surface area (Å²) in [6.07, 6.45) is 1.14. The molecule has 1 heterocycles. The van der Waals surface area contributed by atoms with Crippen molar-refractivity contribution < 1.29 is 13.9 Å². The molecule has 0 bridgehead atoms. The number of Topliss-reactive ketones (excluding diaryl/α,β-unsaturated/α-hetero) is 1. The predicted octanol–water partition coefficient (Wildman–Crippen LogP) is 3.88. The SMILES string of the molecule is CCc1ccc(C(=O)Cc2ccc(OC)c(F)c2)s1. The standard InChI is InChI=1S/C15H15FO2S/c1-3-11-5-7-15(19-11)13(17)9-10-4-6-14(18-2)12(16)8-10/h4-8H,3,9H2,1-2H3. The number of thiophene rings is 1. The highest BCUT2D eigenvalue weighted by molar-refractivity contribution is 7.14. The summed E-state index contributed by atoms with van der Waals surface area (Å²) in [6, 6.07) is 8.42. The normalized spacial score (nSPS) is 10.5. The minimum Gasteiger partial charge on any atom is -0.494 e. The van der Waals surface area contributed by atoms with Gasteiger partial charge in [0.2, 0.25) is 0 Å². The molecule has 0 aliphatic carbocycles. The Hall–Kier alpha value is -1.68. The van der Waals surface area contributed by atoms with Crippen LogP contribution in [0, 0.1) is 5.82 Å². The highest BCUT2D eigenvalue weighted by Gasteiger charge is 2.11. The first-order valence-electron chi connectivity index (χ1n) is 6.08. The molecule has 0 saturated carbocycles. The molecule has 19 heavy (non-hydrogen) atoms. The Morgan fingerprint density at radius 1 is 1.32 bits per heavy atom. The first-order chi connectivity index (χ1) is 9.13. The molecule has 1 aromatic carbocycles. The molecule has 0 aliphatic rings. The summed E-state index contributed by atoms with van der Waals surface area (Å²) in [5, 5.41) is 0. The Kier molecular flexibility index (Phi) is 4.32. The summed E-state index contributed by atoms with van der Waals surface area (Å²) in [5.41, 5.74) is 0.662. The summed E-state index contributed by atoms with van der Waals surface area (Å²) in [7, 11) is 1.42. The van der Waals surface area contributed by atoms with Crippen LogP contribution in [0.2, 0.25) is 0 Å². The fourth-order valence-corrected chi connectivity index (χ4v) is 2.70. The molecule has 0 saturated heterocycles. The number of aryl methyl sites for hydroxylation is 1. The first-order valence-corrected chi connectivity index (χ1v) is 6.90. The summed E-state index contributed by atoms with van der Waals surface area (Å²) in [6.45, 7) is 2.05. The average molecular weight is 278 g/mol. The van der Waals surface area contributed by atoms with Crippen molar-refractivity contribution in [2.24, 2.45) is 0 Å². The molecule has 100 valence electrons. The van der Waals surface area contributed by atoms with E-state index in [0.29, 0.717) is 5.56 Å². The van der Waals surface area contributed by atoms with Crippen LogP contribution in [-0.2, 0) is 12.8 Å². The van der Waals surface area contributed by atoms with Crippen molar-refractivity contribution in [1.29, 1.82) is 0 Å². The monoisotopic (exact) mass is 278 g/mol. The Balaban J connectivity index is 2.12. The van der Waals surface area contributed by atoms with E-state index < -0.39 is 5.82 Å². The Labute approximate surface area is 115 Å². The van der Waals surface area contributed by atoms with E-state index in [1.165, 1.54) is 29.4 Å². The number of ether oxygens (including phenoxy) is 1. The summed E-state index contributed by atoms with van der Waals surface area (Å²) >= 11 is 1.50. The van der Waals surface area contributed by atoms with E-state index in [1.54, 1.807) is 12.1 Å². The average Bonchev–Trinajstić information content (AvgIpc) is 2.88. The quantitative estimate of drug-likeness (QED) is 0.776. The van der Waals surface area contributed by atoms with Crippen molar-refractivity contribution in [3.63, 3.8) is 0 Å². The Morgan fingerprint density at radius 2 is 2.11 bits per heavy atom. The fraction of sp³-hybridized carbons (Fsp3) is 0.267. The lowest BCUT2D eigenvalue weighted by Gasteiger charge is -2.04. The van der Waals surface area contributed by atoms with E-state index in [9.17, 15) is 9.18 Å². The number of carbonyl (C=O) groups is 1. The second-order valence-corrected chi connectivity index (χ2v) is 5.36. The van der Waals surface area contributed by atoms with Gasteiger partial charge in [-0.3, -0.25) is 4.79 Å². The highest BCUT2D eigenvalue weighted by atomic mass is 32.1. The third-order valence-electron chi connectivity index (χ3n) is 2.87. The minimum absolute atomic E-state index is 0.0225. The molecule has 0 radical (unpaired) electrons. The first kappa shape index (κ1) is 13.7. The van der Waals surface area contributed by atoms with Crippen LogP contribution < -0.4 is 4.74 Å². The molecular weight excluding hydrogens is 263 g/mol. The van der Waals surface area contributed by atoms with Crippen LogP contribution in [0.25, 0.3) is 0 Å². The molecule has 0 fully saturated rings. The molecule has 1 aromatic heterocycles. The van der Waals surface area contributed by atoms with E-state index in [4.69, 9.17) is 4.74 Å². The molecule has 2 nitrogen and oxygen atoms in total. The largest absolute Gasteiger partial charge is 0.494 e. The third-order valence-corrected chi connectivity index (χ3v) is 4.14. The number of carbonyl (C=O) groups excluding carboxylic acids is 1. The van der Waals surface area contributed by atoms with Crippen molar-refractivity contribution in [3.8, 4) is 5.75 Å². The summed E-state index contributed by atoms with van der Waals surface area (Å²) in [5.74, 6) is -0.219. The van der Waals surface area contributed by atoms with Gasteiger partial charge in [0.25, 0.3) is 0 Å².